The van der Waals surface area contributed by atoms with Crippen molar-refractivity contribution in [2.24, 2.45) is 0 Å². The van der Waals surface area contributed by atoms with Crippen LogP contribution in [0.5, 0.6) is 0 Å². The van der Waals surface area contributed by atoms with Crippen molar-refractivity contribution in [3.8, 4) is 0 Å². The Kier molecular flexibility index (Phi) is 6.56. The number of rotatable bonds is 7. The molecule has 1 nitrogen and oxygen atoms in total. The van der Waals surface area contributed by atoms with Crippen LogP contribution in [0, 0.1) is 0 Å². The molecule has 0 spiro atoms. The third-order valence-electron chi connectivity index (χ3n) is 3.60. The average Bonchev–Trinajstić information content (AvgIpc) is 2.50. The first-order chi connectivity index (χ1) is 10.2. The molecule has 0 aliphatic rings. The molecule has 0 aliphatic carbocycles. The van der Waals surface area contributed by atoms with E-state index in [-0.39, 0.29) is 0 Å². The van der Waals surface area contributed by atoms with E-state index in [1.165, 1.54) is 5.56 Å². The summed E-state index contributed by atoms with van der Waals surface area (Å²) in [5, 5.41) is 5.00. The van der Waals surface area contributed by atoms with Crippen molar-refractivity contribution in [1.82, 2.24) is 5.32 Å². The maximum atomic E-state index is 6.32. The highest BCUT2D eigenvalue weighted by molar-refractivity contribution is 6.36. The monoisotopic (exact) mass is 321 g/mol. The molecule has 2 aromatic rings. The van der Waals surface area contributed by atoms with Gasteiger partial charge in [0.25, 0.3) is 0 Å². The number of halogens is 2. The lowest BCUT2D eigenvalue weighted by atomic mass is 9.91. The summed E-state index contributed by atoms with van der Waals surface area (Å²) >= 11 is 12.6. The molecule has 0 aromatic heterocycles. The zero-order valence-corrected chi connectivity index (χ0v) is 13.8. The summed E-state index contributed by atoms with van der Waals surface area (Å²) in [7, 11) is 0. The van der Waals surface area contributed by atoms with Gasteiger partial charge in [0.05, 0.1) is 0 Å². The second kappa shape index (κ2) is 8.43. The fraction of sp³-hybridized carbons (Fsp3) is 0.333. The van der Waals surface area contributed by atoms with Crippen molar-refractivity contribution < 1.29 is 0 Å². The van der Waals surface area contributed by atoms with E-state index in [2.05, 4.69) is 36.5 Å². The first-order valence-corrected chi connectivity index (χ1v) is 8.16. The van der Waals surface area contributed by atoms with E-state index in [1.807, 2.05) is 24.3 Å². The fourth-order valence-corrected chi connectivity index (χ4v) is 3.01. The molecule has 1 N–H and O–H groups in total. The van der Waals surface area contributed by atoms with Crippen LogP contribution in [-0.2, 0) is 6.42 Å². The minimum atomic E-state index is 0.371. The van der Waals surface area contributed by atoms with Gasteiger partial charge in [-0.1, -0.05) is 66.5 Å². The van der Waals surface area contributed by atoms with Crippen LogP contribution in [0.25, 0.3) is 0 Å². The summed E-state index contributed by atoms with van der Waals surface area (Å²) in [5.41, 5.74) is 2.35. The summed E-state index contributed by atoms with van der Waals surface area (Å²) in [6, 6.07) is 16.2. The lowest BCUT2D eigenvalue weighted by molar-refractivity contribution is 0.577. The minimum Gasteiger partial charge on any atom is -0.316 e. The smallest absolute Gasteiger partial charge is 0.0453 e. The molecular weight excluding hydrogens is 301 g/mol. The highest BCUT2D eigenvalue weighted by Gasteiger charge is 2.15. The third kappa shape index (κ3) is 4.74. The second-order valence-electron chi connectivity index (χ2n) is 5.22. The van der Waals surface area contributed by atoms with Gasteiger partial charge in [-0.15, -0.1) is 0 Å². The Bertz CT molecular complexity index is 534. The van der Waals surface area contributed by atoms with Crippen LogP contribution in [0.2, 0.25) is 10.0 Å². The van der Waals surface area contributed by atoms with Gasteiger partial charge in [-0.05, 0) is 42.6 Å². The zero-order valence-electron chi connectivity index (χ0n) is 12.3. The molecule has 112 valence electrons. The predicted octanol–water partition coefficient (Wildman–Crippen LogP) is 5.32. The Morgan fingerprint density at radius 2 is 1.62 bits per heavy atom. The predicted molar refractivity (Wildman–Crippen MR) is 92.5 cm³/mol. The van der Waals surface area contributed by atoms with Crippen molar-refractivity contribution in [3.63, 3.8) is 0 Å². The topological polar surface area (TPSA) is 12.0 Å². The van der Waals surface area contributed by atoms with Crippen molar-refractivity contribution >= 4 is 23.2 Å². The van der Waals surface area contributed by atoms with E-state index in [9.17, 15) is 0 Å². The van der Waals surface area contributed by atoms with Gasteiger partial charge in [-0.2, -0.15) is 0 Å². The Morgan fingerprint density at radius 1 is 0.952 bits per heavy atom. The molecule has 0 aliphatic heterocycles. The van der Waals surface area contributed by atoms with E-state index in [0.717, 1.165) is 41.5 Å². The lowest BCUT2D eigenvalue weighted by Crippen LogP contribution is -2.23. The summed E-state index contributed by atoms with van der Waals surface area (Å²) in [4.78, 5) is 0. The summed E-state index contributed by atoms with van der Waals surface area (Å²) in [6.07, 6.45) is 1.98. The van der Waals surface area contributed by atoms with Gasteiger partial charge in [0.2, 0.25) is 0 Å². The molecule has 2 aromatic carbocycles. The minimum absolute atomic E-state index is 0.371. The van der Waals surface area contributed by atoms with E-state index in [1.54, 1.807) is 0 Å². The highest BCUT2D eigenvalue weighted by atomic mass is 35.5. The number of hydrogen-bond donors (Lipinski definition) is 1. The molecule has 0 heterocycles. The quantitative estimate of drug-likeness (QED) is 0.680. The molecule has 0 radical (unpaired) electrons. The standard InChI is InChI=1S/C18H21Cl2N/c1-2-11-21-13-15(14-7-4-3-5-8-14)12-16-17(19)9-6-10-18(16)20/h3-10,15,21H,2,11-13H2,1H3. The zero-order chi connectivity index (χ0) is 15.1. The Labute approximate surface area is 137 Å². The van der Waals surface area contributed by atoms with Crippen LogP contribution in [0.15, 0.2) is 48.5 Å². The first kappa shape index (κ1) is 16.4. The van der Waals surface area contributed by atoms with Crippen LogP contribution in [-0.4, -0.2) is 13.1 Å². The number of benzene rings is 2. The van der Waals surface area contributed by atoms with Gasteiger partial charge in [0.1, 0.15) is 0 Å². The molecule has 0 saturated heterocycles. The van der Waals surface area contributed by atoms with Gasteiger partial charge < -0.3 is 5.32 Å². The first-order valence-electron chi connectivity index (χ1n) is 7.41. The molecule has 0 bridgehead atoms. The van der Waals surface area contributed by atoms with E-state index < -0.39 is 0 Å². The van der Waals surface area contributed by atoms with E-state index >= 15 is 0 Å². The molecule has 1 unspecified atom stereocenters. The molecule has 0 amide bonds. The number of hydrogen-bond acceptors (Lipinski definition) is 1. The van der Waals surface area contributed by atoms with Gasteiger partial charge in [-0.3, -0.25) is 0 Å². The van der Waals surface area contributed by atoms with Crippen LogP contribution in [0.3, 0.4) is 0 Å². The normalized spacial score (nSPS) is 12.3. The van der Waals surface area contributed by atoms with Gasteiger partial charge in [0, 0.05) is 22.5 Å². The maximum Gasteiger partial charge on any atom is 0.0453 e. The summed E-state index contributed by atoms with van der Waals surface area (Å²) in [5.74, 6) is 0.371. The molecule has 0 saturated carbocycles. The SMILES string of the molecule is CCCNCC(Cc1c(Cl)cccc1Cl)c1ccccc1. The highest BCUT2D eigenvalue weighted by Crippen LogP contribution is 2.30. The summed E-state index contributed by atoms with van der Waals surface area (Å²) in [6.45, 7) is 4.13. The average molecular weight is 322 g/mol. The molecule has 2 rings (SSSR count). The molecule has 3 heteroatoms. The fourth-order valence-electron chi connectivity index (χ4n) is 2.46. The lowest BCUT2D eigenvalue weighted by Gasteiger charge is -2.19. The Balaban J connectivity index is 2.19. The van der Waals surface area contributed by atoms with Gasteiger partial charge >= 0.3 is 0 Å². The molecular formula is C18H21Cl2N. The molecule has 1 atom stereocenters. The van der Waals surface area contributed by atoms with Crippen LogP contribution in [0.4, 0.5) is 0 Å². The number of nitrogens with one attached hydrogen (secondary N) is 1. The second-order valence-corrected chi connectivity index (χ2v) is 6.03. The van der Waals surface area contributed by atoms with Crippen molar-refractivity contribution in [2.45, 2.75) is 25.7 Å². The van der Waals surface area contributed by atoms with E-state index in [0.29, 0.717) is 5.92 Å². The maximum absolute atomic E-state index is 6.32. The van der Waals surface area contributed by atoms with Gasteiger partial charge in [0.15, 0.2) is 0 Å². The van der Waals surface area contributed by atoms with E-state index in [4.69, 9.17) is 23.2 Å². The third-order valence-corrected chi connectivity index (χ3v) is 4.31. The summed E-state index contributed by atoms with van der Waals surface area (Å²) < 4.78 is 0. The Morgan fingerprint density at radius 3 is 2.24 bits per heavy atom. The van der Waals surface area contributed by atoms with Crippen molar-refractivity contribution in [3.05, 3.63) is 69.7 Å². The van der Waals surface area contributed by atoms with Crippen LogP contribution < -0.4 is 5.32 Å². The largest absolute Gasteiger partial charge is 0.316 e. The van der Waals surface area contributed by atoms with Gasteiger partial charge in [-0.25, -0.2) is 0 Å². The molecule has 21 heavy (non-hydrogen) atoms. The van der Waals surface area contributed by atoms with Crippen molar-refractivity contribution in [1.29, 1.82) is 0 Å². The van der Waals surface area contributed by atoms with Crippen LogP contribution in [0.1, 0.15) is 30.4 Å². The molecule has 0 fully saturated rings. The van der Waals surface area contributed by atoms with Crippen LogP contribution >= 0.6 is 23.2 Å². The van der Waals surface area contributed by atoms with Crippen molar-refractivity contribution in [2.75, 3.05) is 13.1 Å². The Hall–Kier alpha value is -1.02.